The van der Waals surface area contributed by atoms with E-state index in [1.165, 1.54) is 12.8 Å². The molecule has 0 unspecified atom stereocenters. The quantitative estimate of drug-likeness (QED) is 0.322. The molecule has 0 rings (SSSR count). The van der Waals surface area contributed by atoms with E-state index in [0.29, 0.717) is 0 Å². The van der Waals surface area contributed by atoms with Crippen molar-refractivity contribution in [2.24, 2.45) is 0 Å². The van der Waals surface area contributed by atoms with Crippen molar-refractivity contribution in [3.05, 3.63) is 6.92 Å². The Labute approximate surface area is 93.4 Å². The fraction of sp³-hybridized carbons (Fsp3) is 0.800. The Morgan fingerprint density at radius 1 is 1.55 bits per heavy atom. The molecular weight excluding hydrogens is 283 g/mol. The molecule has 0 radical (unpaired) electrons. The standard InChI is InChI=1S/C5H11.Mo.H3O2PS2/c1-3-5-4-2;;1-3(2,4)5/h1,3-5H2,2H3;;(H3,1,2,4,5)/q-1;+4;/p-3. The van der Waals surface area contributed by atoms with Crippen LogP contribution in [0.2, 0.25) is 0 Å². The fourth-order valence-electron chi connectivity index (χ4n) is 0.250. The largest absolute Gasteiger partial charge is 4.00 e. The summed E-state index contributed by atoms with van der Waals surface area (Å²) >= 11 is 7.28. The minimum Gasteiger partial charge on any atom is -0.850 e. The number of rotatable bonds is 2. The van der Waals surface area contributed by atoms with Crippen molar-refractivity contribution < 1.29 is 30.9 Å². The molecule has 0 saturated heterocycles. The smallest absolute Gasteiger partial charge is 0.850 e. The van der Waals surface area contributed by atoms with E-state index in [2.05, 4.69) is 37.9 Å². The van der Waals surface area contributed by atoms with Gasteiger partial charge in [0, 0.05) is 0 Å². The minimum atomic E-state index is -3.72. The second kappa shape index (κ2) is 11.6. The van der Waals surface area contributed by atoms with Crippen molar-refractivity contribution in [1.29, 1.82) is 0 Å². The van der Waals surface area contributed by atoms with Gasteiger partial charge in [0.1, 0.15) is 0 Å². The summed E-state index contributed by atoms with van der Waals surface area (Å²) in [6.07, 6.45) is 3.65. The molecule has 0 saturated carbocycles. The first-order valence-electron chi connectivity index (χ1n) is 2.94. The van der Waals surface area contributed by atoms with Gasteiger partial charge in [-0.3, -0.25) is 0 Å². The molecule has 2 nitrogen and oxygen atoms in total. The van der Waals surface area contributed by atoms with Gasteiger partial charge in [-0.1, -0.05) is 19.8 Å². The van der Waals surface area contributed by atoms with E-state index in [-0.39, 0.29) is 21.1 Å². The molecule has 0 heterocycles. The predicted octanol–water partition coefficient (Wildman–Crippen LogP) is 0.487. The summed E-state index contributed by atoms with van der Waals surface area (Å²) in [5.41, 5.74) is -3.72. The third kappa shape index (κ3) is 82.3. The molecule has 0 aromatic rings. The van der Waals surface area contributed by atoms with Crippen molar-refractivity contribution in [2.75, 3.05) is 0 Å². The number of unbranched alkanes of at least 4 members (excludes halogenated alkanes) is 2. The van der Waals surface area contributed by atoms with Crippen LogP contribution in [-0.2, 0) is 45.1 Å². The van der Waals surface area contributed by atoms with Crippen LogP contribution in [0.1, 0.15) is 26.2 Å². The average molecular weight is 294 g/mol. The predicted molar refractivity (Wildman–Crippen MR) is 46.5 cm³/mol. The summed E-state index contributed by atoms with van der Waals surface area (Å²) in [5, 5.41) is 0. The van der Waals surface area contributed by atoms with E-state index < -0.39 is 5.69 Å². The zero-order valence-corrected chi connectivity index (χ0v) is 10.9. The van der Waals surface area contributed by atoms with Crippen molar-refractivity contribution in [3.8, 4) is 0 Å². The van der Waals surface area contributed by atoms with Crippen LogP contribution < -0.4 is 9.79 Å². The third-order valence-corrected chi connectivity index (χ3v) is 0.604. The van der Waals surface area contributed by atoms with Gasteiger partial charge in [-0.15, -0.1) is 0 Å². The second-order valence-corrected chi connectivity index (χ2v) is 6.13. The van der Waals surface area contributed by atoms with E-state index in [0.717, 1.165) is 6.42 Å². The SMILES string of the molecule is [CH2-]CCCC.[Mo+4].[O-]P([O-])(=S)[S-]. The molecule has 66 valence electrons. The van der Waals surface area contributed by atoms with Crippen LogP contribution in [0, 0.1) is 6.92 Å². The van der Waals surface area contributed by atoms with Crippen LogP contribution in [0.4, 0.5) is 0 Å². The van der Waals surface area contributed by atoms with E-state index in [4.69, 9.17) is 0 Å². The van der Waals surface area contributed by atoms with Crippen LogP contribution >= 0.6 is 5.69 Å². The number of hydrogen-bond acceptors (Lipinski definition) is 4. The molecule has 6 heteroatoms. The summed E-state index contributed by atoms with van der Waals surface area (Å²) in [5.74, 6) is 0. The molecule has 0 N–H and O–H groups in total. The second-order valence-electron chi connectivity index (χ2n) is 1.65. The average Bonchev–Trinajstić information content (AvgIpc) is 1.63. The first kappa shape index (κ1) is 18.4. The Hall–Kier alpha value is 1.61. The van der Waals surface area contributed by atoms with Crippen molar-refractivity contribution in [1.82, 2.24) is 0 Å². The van der Waals surface area contributed by atoms with Crippen LogP contribution in [0.25, 0.3) is 0 Å². The Morgan fingerprint density at radius 3 is 1.82 bits per heavy atom. The summed E-state index contributed by atoms with van der Waals surface area (Å²) < 4.78 is 0. The van der Waals surface area contributed by atoms with Gasteiger partial charge in [0.05, 0.1) is 0 Å². The molecule has 0 aliphatic heterocycles. The molecular formula is C5H11MoO2PS2. The van der Waals surface area contributed by atoms with E-state index in [1.807, 2.05) is 0 Å². The van der Waals surface area contributed by atoms with Gasteiger partial charge >= 0.3 is 21.1 Å². The first-order valence-corrected chi connectivity index (χ1v) is 6.59. The summed E-state index contributed by atoms with van der Waals surface area (Å²) in [7, 11) is 0. The summed E-state index contributed by atoms with van der Waals surface area (Å²) in [4.78, 5) is 18.6. The van der Waals surface area contributed by atoms with Crippen molar-refractivity contribution in [2.45, 2.75) is 26.2 Å². The summed E-state index contributed by atoms with van der Waals surface area (Å²) in [6.45, 7) is 5.85. The van der Waals surface area contributed by atoms with E-state index in [9.17, 15) is 9.79 Å². The van der Waals surface area contributed by atoms with Crippen LogP contribution in [-0.4, -0.2) is 0 Å². The zero-order chi connectivity index (χ0) is 8.62. The molecule has 0 aliphatic carbocycles. The maximum absolute atomic E-state index is 9.29. The summed E-state index contributed by atoms with van der Waals surface area (Å²) in [6, 6.07) is 0. The number of hydrogen-bond donors (Lipinski definition) is 0. The molecule has 0 bridgehead atoms. The van der Waals surface area contributed by atoms with Gasteiger partial charge < -0.3 is 34.7 Å². The van der Waals surface area contributed by atoms with Gasteiger partial charge in [-0.25, -0.2) is 0 Å². The van der Waals surface area contributed by atoms with Crippen LogP contribution in [0.3, 0.4) is 0 Å². The van der Waals surface area contributed by atoms with Crippen LogP contribution in [0.15, 0.2) is 0 Å². The molecule has 0 spiro atoms. The molecule has 0 aliphatic rings. The van der Waals surface area contributed by atoms with Crippen molar-refractivity contribution >= 4 is 29.7 Å². The van der Waals surface area contributed by atoms with Gasteiger partial charge in [0.15, 0.2) is 0 Å². The van der Waals surface area contributed by atoms with Crippen molar-refractivity contribution in [3.63, 3.8) is 0 Å². The molecule has 0 aromatic heterocycles. The molecule has 11 heavy (non-hydrogen) atoms. The Balaban J connectivity index is -0.000000107. The van der Waals surface area contributed by atoms with Gasteiger partial charge in [0.25, 0.3) is 0 Å². The molecule has 0 fully saturated rings. The monoisotopic (exact) mass is 296 g/mol. The Kier molecular flexibility index (Phi) is 19.4. The maximum Gasteiger partial charge on any atom is 4.00 e. The molecule has 0 aromatic carbocycles. The van der Waals surface area contributed by atoms with Gasteiger partial charge in [-0.05, 0) is 0 Å². The molecule has 0 atom stereocenters. The Morgan fingerprint density at radius 2 is 1.82 bits per heavy atom. The Bertz CT molecular complexity index is 96.4. The third-order valence-electron chi connectivity index (χ3n) is 0.604. The zero-order valence-electron chi connectivity index (χ0n) is 6.32. The molecule has 0 amide bonds. The normalized spacial score (nSPS) is 9.18. The van der Waals surface area contributed by atoms with E-state index in [1.54, 1.807) is 0 Å². The van der Waals surface area contributed by atoms with Crippen LogP contribution in [0.5, 0.6) is 0 Å². The fourth-order valence-corrected chi connectivity index (χ4v) is 0.250. The van der Waals surface area contributed by atoms with Gasteiger partial charge in [-0.2, -0.15) is 18.2 Å². The minimum absolute atomic E-state index is 0. The first-order chi connectivity index (χ1) is 4.41. The van der Waals surface area contributed by atoms with E-state index >= 15 is 0 Å². The maximum atomic E-state index is 9.29. The van der Waals surface area contributed by atoms with Gasteiger partial charge in [0.2, 0.25) is 0 Å². The topological polar surface area (TPSA) is 46.1 Å².